The van der Waals surface area contributed by atoms with Crippen LogP contribution in [0.2, 0.25) is 0 Å². The highest BCUT2D eigenvalue weighted by molar-refractivity contribution is 5.88. The van der Waals surface area contributed by atoms with Crippen molar-refractivity contribution in [3.8, 4) is 0 Å². The van der Waals surface area contributed by atoms with Gasteiger partial charge in [-0.1, -0.05) is 13.8 Å². The lowest BCUT2D eigenvalue weighted by atomic mass is 9.76. The van der Waals surface area contributed by atoms with Crippen molar-refractivity contribution in [2.75, 3.05) is 19.6 Å². The Balaban J connectivity index is 2.13. The molecule has 2 atom stereocenters. The highest BCUT2D eigenvalue weighted by atomic mass is 16.4. The molecule has 0 aliphatic carbocycles. The second-order valence-corrected chi connectivity index (χ2v) is 6.46. The van der Waals surface area contributed by atoms with E-state index >= 15 is 0 Å². The first-order valence-corrected chi connectivity index (χ1v) is 7.10. The van der Waals surface area contributed by atoms with E-state index in [0.717, 1.165) is 19.4 Å². The van der Waals surface area contributed by atoms with E-state index in [9.17, 15) is 14.7 Å². The van der Waals surface area contributed by atoms with Gasteiger partial charge in [0, 0.05) is 13.1 Å². The molecule has 2 aliphatic heterocycles. The van der Waals surface area contributed by atoms with Gasteiger partial charge < -0.3 is 15.3 Å². The Hall–Kier alpha value is -1.10. The zero-order valence-electron chi connectivity index (χ0n) is 12.0. The van der Waals surface area contributed by atoms with Crippen LogP contribution in [0.1, 0.15) is 40.0 Å². The van der Waals surface area contributed by atoms with Gasteiger partial charge in [-0.3, -0.25) is 9.59 Å². The first kappa shape index (κ1) is 14.3. The molecule has 2 N–H and O–H groups in total. The van der Waals surface area contributed by atoms with Crippen LogP contribution in [0, 0.1) is 11.3 Å². The number of aliphatic carboxylic acids is 1. The standard InChI is InChI=1S/C14H24N2O3/c1-10(2)14(12(18)19)6-8-16(9-14)11(17)13(3)5-4-7-15-13/h10,15H,4-9H2,1-3H3,(H,18,19). The van der Waals surface area contributed by atoms with Crippen molar-refractivity contribution in [3.63, 3.8) is 0 Å². The highest BCUT2D eigenvalue weighted by Gasteiger charge is 2.51. The molecular weight excluding hydrogens is 244 g/mol. The van der Waals surface area contributed by atoms with E-state index in [1.54, 1.807) is 4.90 Å². The van der Waals surface area contributed by atoms with Crippen molar-refractivity contribution in [2.45, 2.75) is 45.6 Å². The van der Waals surface area contributed by atoms with E-state index in [4.69, 9.17) is 0 Å². The monoisotopic (exact) mass is 268 g/mol. The quantitative estimate of drug-likeness (QED) is 0.804. The summed E-state index contributed by atoms with van der Waals surface area (Å²) in [6, 6.07) is 0. The molecule has 0 bridgehead atoms. The molecule has 0 spiro atoms. The van der Waals surface area contributed by atoms with E-state index in [0.29, 0.717) is 19.5 Å². The molecule has 1 amide bonds. The van der Waals surface area contributed by atoms with Gasteiger partial charge in [-0.2, -0.15) is 0 Å². The third kappa shape index (κ3) is 2.24. The Morgan fingerprint density at radius 3 is 2.42 bits per heavy atom. The number of carbonyl (C=O) groups is 2. The van der Waals surface area contributed by atoms with Gasteiger partial charge in [0.1, 0.15) is 0 Å². The normalized spacial score (nSPS) is 35.1. The van der Waals surface area contributed by atoms with Crippen molar-refractivity contribution < 1.29 is 14.7 Å². The summed E-state index contributed by atoms with van der Waals surface area (Å²) in [6.07, 6.45) is 2.40. The summed E-state index contributed by atoms with van der Waals surface area (Å²) < 4.78 is 0. The first-order chi connectivity index (χ1) is 8.82. The van der Waals surface area contributed by atoms with Gasteiger partial charge in [-0.15, -0.1) is 0 Å². The van der Waals surface area contributed by atoms with Crippen LogP contribution in [0.4, 0.5) is 0 Å². The Bertz CT molecular complexity index is 388. The van der Waals surface area contributed by atoms with Crippen LogP contribution in [0.5, 0.6) is 0 Å². The molecule has 2 aliphatic rings. The number of carboxylic acid groups (broad SMARTS) is 1. The molecule has 2 unspecified atom stereocenters. The second kappa shape index (κ2) is 4.78. The lowest BCUT2D eigenvalue weighted by Gasteiger charge is -2.32. The largest absolute Gasteiger partial charge is 0.481 e. The number of carboxylic acids is 1. The van der Waals surface area contributed by atoms with Crippen LogP contribution in [0.25, 0.3) is 0 Å². The fourth-order valence-electron chi connectivity index (χ4n) is 3.33. The van der Waals surface area contributed by atoms with Crippen molar-refractivity contribution in [2.24, 2.45) is 11.3 Å². The van der Waals surface area contributed by atoms with E-state index in [1.807, 2.05) is 20.8 Å². The van der Waals surface area contributed by atoms with Gasteiger partial charge >= 0.3 is 5.97 Å². The minimum absolute atomic E-state index is 0.0344. The predicted octanol–water partition coefficient (Wildman–Crippen LogP) is 1.09. The number of rotatable bonds is 3. The molecule has 2 rings (SSSR count). The lowest BCUT2D eigenvalue weighted by Crippen LogP contribution is -2.53. The van der Waals surface area contributed by atoms with Crippen LogP contribution in [-0.2, 0) is 9.59 Å². The minimum atomic E-state index is -0.776. The van der Waals surface area contributed by atoms with Crippen LogP contribution in [0.15, 0.2) is 0 Å². The molecule has 2 heterocycles. The van der Waals surface area contributed by atoms with Crippen LogP contribution >= 0.6 is 0 Å². The maximum absolute atomic E-state index is 12.6. The van der Waals surface area contributed by atoms with Crippen molar-refractivity contribution in [3.05, 3.63) is 0 Å². The maximum Gasteiger partial charge on any atom is 0.311 e. The average molecular weight is 268 g/mol. The molecule has 0 aromatic heterocycles. The zero-order chi connectivity index (χ0) is 14.3. The summed E-state index contributed by atoms with van der Waals surface area (Å²) in [5.41, 5.74) is -1.27. The maximum atomic E-state index is 12.6. The molecule has 5 nitrogen and oxygen atoms in total. The van der Waals surface area contributed by atoms with Crippen LogP contribution in [-0.4, -0.2) is 47.1 Å². The van der Waals surface area contributed by atoms with Crippen molar-refractivity contribution in [1.29, 1.82) is 0 Å². The van der Waals surface area contributed by atoms with E-state index in [-0.39, 0.29) is 11.8 Å². The third-order valence-corrected chi connectivity index (χ3v) is 4.96. The average Bonchev–Trinajstić information content (AvgIpc) is 2.95. The number of carbonyl (C=O) groups excluding carboxylic acids is 1. The second-order valence-electron chi connectivity index (χ2n) is 6.46. The van der Waals surface area contributed by atoms with Crippen molar-refractivity contribution >= 4 is 11.9 Å². The number of hydrogen-bond donors (Lipinski definition) is 2. The lowest BCUT2D eigenvalue weighted by molar-refractivity contribution is -0.151. The van der Waals surface area contributed by atoms with E-state index in [2.05, 4.69) is 5.32 Å². The Morgan fingerprint density at radius 2 is 2.00 bits per heavy atom. The topological polar surface area (TPSA) is 69.6 Å². The Labute approximate surface area is 114 Å². The summed E-state index contributed by atoms with van der Waals surface area (Å²) in [4.78, 5) is 25.9. The van der Waals surface area contributed by atoms with Crippen LogP contribution < -0.4 is 5.32 Å². The number of hydrogen-bond acceptors (Lipinski definition) is 3. The fraction of sp³-hybridized carbons (Fsp3) is 0.857. The SMILES string of the molecule is CC(C)C1(C(=O)O)CCN(C(=O)C2(C)CCCN2)C1. The van der Waals surface area contributed by atoms with Gasteiger partial charge in [0.2, 0.25) is 5.91 Å². The number of nitrogens with zero attached hydrogens (tertiary/aromatic N) is 1. The molecule has 0 radical (unpaired) electrons. The van der Waals surface area contributed by atoms with Crippen LogP contribution in [0.3, 0.4) is 0 Å². The Kier molecular flexibility index (Phi) is 3.60. The summed E-state index contributed by atoms with van der Waals surface area (Å²) in [5, 5.41) is 12.8. The molecule has 5 heteroatoms. The number of nitrogens with one attached hydrogen (secondary N) is 1. The smallest absolute Gasteiger partial charge is 0.311 e. The molecule has 19 heavy (non-hydrogen) atoms. The van der Waals surface area contributed by atoms with Gasteiger partial charge in [-0.25, -0.2) is 0 Å². The van der Waals surface area contributed by atoms with E-state index < -0.39 is 16.9 Å². The molecule has 0 saturated carbocycles. The summed E-state index contributed by atoms with van der Waals surface area (Å²) in [7, 11) is 0. The number of likely N-dealkylation sites (tertiary alicyclic amines) is 1. The molecule has 2 saturated heterocycles. The van der Waals surface area contributed by atoms with Crippen molar-refractivity contribution in [1.82, 2.24) is 10.2 Å². The third-order valence-electron chi connectivity index (χ3n) is 4.96. The zero-order valence-corrected chi connectivity index (χ0v) is 12.0. The molecular formula is C14H24N2O3. The minimum Gasteiger partial charge on any atom is -0.481 e. The molecule has 0 aromatic rings. The van der Waals surface area contributed by atoms with E-state index in [1.165, 1.54) is 0 Å². The van der Waals surface area contributed by atoms with Gasteiger partial charge in [0.15, 0.2) is 0 Å². The fourth-order valence-corrected chi connectivity index (χ4v) is 3.33. The summed E-state index contributed by atoms with van der Waals surface area (Å²) >= 11 is 0. The molecule has 2 fully saturated rings. The first-order valence-electron chi connectivity index (χ1n) is 7.10. The summed E-state index contributed by atoms with van der Waals surface area (Å²) in [5.74, 6) is -0.678. The predicted molar refractivity (Wildman–Crippen MR) is 71.7 cm³/mol. The molecule has 0 aromatic carbocycles. The highest BCUT2D eigenvalue weighted by Crippen LogP contribution is 2.39. The van der Waals surface area contributed by atoms with Gasteiger partial charge in [-0.05, 0) is 38.6 Å². The van der Waals surface area contributed by atoms with Gasteiger partial charge in [0.05, 0.1) is 11.0 Å². The molecule has 108 valence electrons. The Morgan fingerprint density at radius 1 is 1.32 bits per heavy atom. The number of amides is 1. The van der Waals surface area contributed by atoms with Gasteiger partial charge in [0.25, 0.3) is 0 Å². The summed E-state index contributed by atoms with van der Waals surface area (Å²) in [6.45, 7) is 7.55.